The standard InChI is InChI=1S/C13H17F2NO2/c1-9(2)18-8-4-7-16-13(17)10-5-3-6-11(14)12(10)15/h3,5-6,9H,4,7-8H2,1-2H3,(H,16,17). The molecular formula is C13H17F2NO2. The molecule has 0 heterocycles. The minimum atomic E-state index is -1.12. The Balaban J connectivity index is 2.39. The molecule has 0 unspecified atom stereocenters. The van der Waals surface area contributed by atoms with Crippen molar-refractivity contribution in [2.24, 2.45) is 0 Å². The Labute approximate surface area is 105 Å². The SMILES string of the molecule is CC(C)OCCCNC(=O)c1cccc(F)c1F. The Bertz CT molecular complexity index is 408. The van der Waals surface area contributed by atoms with E-state index >= 15 is 0 Å². The fraction of sp³-hybridized carbons (Fsp3) is 0.462. The number of nitrogens with one attached hydrogen (secondary N) is 1. The Morgan fingerprint density at radius 1 is 1.39 bits per heavy atom. The van der Waals surface area contributed by atoms with Gasteiger partial charge in [0.2, 0.25) is 0 Å². The van der Waals surface area contributed by atoms with E-state index < -0.39 is 17.5 Å². The largest absolute Gasteiger partial charge is 0.379 e. The summed E-state index contributed by atoms with van der Waals surface area (Å²) in [5, 5.41) is 2.52. The molecule has 0 aliphatic heterocycles. The fourth-order valence-electron chi connectivity index (χ4n) is 1.37. The number of carbonyl (C=O) groups excluding carboxylic acids is 1. The zero-order valence-corrected chi connectivity index (χ0v) is 10.5. The zero-order chi connectivity index (χ0) is 13.5. The van der Waals surface area contributed by atoms with E-state index in [1.807, 2.05) is 13.8 Å². The van der Waals surface area contributed by atoms with Crippen LogP contribution in [0.25, 0.3) is 0 Å². The second kappa shape index (κ2) is 7.06. The molecule has 1 aromatic rings. The molecule has 3 nitrogen and oxygen atoms in total. The maximum Gasteiger partial charge on any atom is 0.254 e. The lowest BCUT2D eigenvalue weighted by atomic mass is 10.2. The minimum Gasteiger partial charge on any atom is -0.379 e. The molecule has 0 saturated heterocycles. The number of hydrogen-bond acceptors (Lipinski definition) is 2. The van der Waals surface area contributed by atoms with Crippen molar-refractivity contribution in [1.82, 2.24) is 5.32 Å². The molecule has 100 valence electrons. The lowest BCUT2D eigenvalue weighted by Gasteiger charge is -2.08. The summed E-state index contributed by atoms with van der Waals surface area (Å²) < 4.78 is 31.5. The third kappa shape index (κ3) is 4.41. The molecule has 0 aromatic heterocycles. The molecule has 0 atom stereocenters. The summed E-state index contributed by atoms with van der Waals surface area (Å²) in [7, 11) is 0. The van der Waals surface area contributed by atoms with Crippen molar-refractivity contribution in [3.8, 4) is 0 Å². The van der Waals surface area contributed by atoms with Gasteiger partial charge < -0.3 is 10.1 Å². The third-order valence-corrected chi connectivity index (χ3v) is 2.25. The monoisotopic (exact) mass is 257 g/mol. The predicted octanol–water partition coefficient (Wildman–Crippen LogP) is 2.51. The number of hydrogen-bond donors (Lipinski definition) is 1. The van der Waals surface area contributed by atoms with Crippen molar-refractivity contribution in [3.05, 3.63) is 35.4 Å². The number of amides is 1. The van der Waals surface area contributed by atoms with Crippen LogP contribution in [0.1, 0.15) is 30.6 Å². The Morgan fingerprint density at radius 2 is 2.11 bits per heavy atom. The molecule has 5 heteroatoms. The van der Waals surface area contributed by atoms with Gasteiger partial charge in [-0.3, -0.25) is 4.79 Å². The summed E-state index contributed by atoms with van der Waals surface area (Å²) in [5.74, 6) is -2.75. The van der Waals surface area contributed by atoms with Gasteiger partial charge in [0.25, 0.3) is 5.91 Å². The van der Waals surface area contributed by atoms with Gasteiger partial charge in [-0.1, -0.05) is 6.07 Å². The highest BCUT2D eigenvalue weighted by molar-refractivity contribution is 5.94. The van der Waals surface area contributed by atoms with Gasteiger partial charge in [0.1, 0.15) is 0 Å². The average Bonchev–Trinajstić information content (AvgIpc) is 2.31. The molecule has 0 aliphatic rings. The summed E-state index contributed by atoms with van der Waals surface area (Å²) in [4.78, 5) is 11.6. The first-order chi connectivity index (χ1) is 8.52. The minimum absolute atomic E-state index is 0.140. The van der Waals surface area contributed by atoms with Crippen molar-refractivity contribution in [2.75, 3.05) is 13.2 Å². The molecule has 0 fully saturated rings. The van der Waals surface area contributed by atoms with Gasteiger partial charge in [0.05, 0.1) is 11.7 Å². The van der Waals surface area contributed by atoms with E-state index in [9.17, 15) is 13.6 Å². The number of ether oxygens (including phenoxy) is 1. The summed E-state index contributed by atoms with van der Waals surface area (Å²) in [6, 6.07) is 3.52. The van der Waals surface area contributed by atoms with E-state index in [1.165, 1.54) is 12.1 Å². The van der Waals surface area contributed by atoms with Crippen molar-refractivity contribution in [2.45, 2.75) is 26.4 Å². The Morgan fingerprint density at radius 3 is 2.78 bits per heavy atom. The van der Waals surface area contributed by atoms with E-state index in [-0.39, 0.29) is 11.7 Å². The molecule has 1 aromatic carbocycles. The van der Waals surface area contributed by atoms with E-state index in [1.54, 1.807) is 0 Å². The average molecular weight is 257 g/mol. The maximum atomic E-state index is 13.3. The van der Waals surface area contributed by atoms with Crippen LogP contribution in [-0.2, 0) is 4.74 Å². The Kier molecular flexibility index (Phi) is 5.71. The number of rotatable bonds is 6. The van der Waals surface area contributed by atoms with Gasteiger partial charge in [-0.05, 0) is 32.4 Å². The smallest absolute Gasteiger partial charge is 0.254 e. The lowest BCUT2D eigenvalue weighted by molar-refractivity contribution is 0.0756. The van der Waals surface area contributed by atoms with Crippen LogP contribution in [0.3, 0.4) is 0 Å². The van der Waals surface area contributed by atoms with Crippen LogP contribution in [0, 0.1) is 11.6 Å². The molecule has 0 saturated carbocycles. The summed E-state index contributed by atoms with van der Waals surface area (Å²) in [6.45, 7) is 4.71. The van der Waals surface area contributed by atoms with Crippen molar-refractivity contribution in [3.63, 3.8) is 0 Å². The molecule has 0 aliphatic carbocycles. The number of halogens is 2. The van der Waals surface area contributed by atoms with Gasteiger partial charge in [-0.25, -0.2) is 8.78 Å². The van der Waals surface area contributed by atoms with Crippen LogP contribution in [0.4, 0.5) is 8.78 Å². The normalized spacial score (nSPS) is 10.7. The lowest BCUT2D eigenvalue weighted by Crippen LogP contribution is -2.26. The molecule has 1 rings (SSSR count). The zero-order valence-electron chi connectivity index (χ0n) is 10.5. The van der Waals surface area contributed by atoms with Crippen LogP contribution in [-0.4, -0.2) is 25.2 Å². The third-order valence-electron chi connectivity index (χ3n) is 2.25. The highest BCUT2D eigenvalue weighted by atomic mass is 19.2. The summed E-state index contributed by atoms with van der Waals surface area (Å²) in [6.07, 6.45) is 0.766. The van der Waals surface area contributed by atoms with Crippen LogP contribution in [0.2, 0.25) is 0 Å². The van der Waals surface area contributed by atoms with E-state index in [0.29, 0.717) is 19.6 Å². The van der Waals surface area contributed by atoms with Gasteiger partial charge >= 0.3 is 0 Å². The number of carbonyl (C=O) groups is 1. The van der Waals surface area contributed by atoms with Gasteiger partial charge in [-0.15, -0.1) is 0 Å². The quantitative estimate of drug-likeness (QED) is 0.795. The first-order valence-corrected chi connectivity index (χ1v) is 5.86. The topological polar surface area (TPSA) is 38.3 Å². The van der Waals surface area contributed by atoms with Gasteiger partial charge in [0.15, 0.2) is 11.6 Å². The predicted molar refractivity (Wildman–Crippen MR) is 64.4 cm³/mol. The molecule has 0 spiro atoms. The summed E-state index contributed by atoms with van der Waals surface area (Å²) >= 11 is 0. The highest BCUT2D eigenvalue weighted by Crippen LogP contribution is 2.10. The van der Waals surface area contributed by atoms with E-state index in [4.69, 9.17) is 4.74 Å². The molecule has 1 amide bonds. The van der Waals surface area contributed by atoms with Crippen LogP contribution in [0.5, 0.6) is 0 Å². The molecule has 1 N–H and O–H groups in total. The molecule has 0 bridgehead atoms. The Hall–Kier alpha value is -1.49. The van der Waals surface area contributed by atoms with Crippen molar-refractivity contribution >= 4 is 5.91 Å². The molecular weight excluding hydrogens is 240 g/mol. The summed E-state index contributed by atoms with van der Waals surface area (Å²) in [5.41, 5.74) is -0.278. The maximum absolute atomic E-state index is 13.3. The van der Waals surface area contributed by atoms with Gasteiger partial charge in [-0.2, -0.15) is 0 Å². The van der Waals surface area contributed by atoms with Crippen LogP contribution < -0.4 is 5.32 Å². The number of benzene rings is 1. The first-order valence-electron chi connectivity index (χ1n) is 5.86. The highest BCUT2D eigenvalue weighted by Gasteiger charge is 2.14. The van der Waals surface area contributed by atoms with Crippen LogP contribution in [0.15, 0.2) is 18.2 Å². The second-order valence-corrected chi connectivity index (χ2v) is 4.13. The molecule has 18 heavy (non-hydrogen) atoms. The fourth-order valence-corrected chi connectivity index (χ4v) is 1.37. The van der Waals surface area contributed by atoms with Crippen molar-refractivity contribution < 1.29 is 18.3 Å². The van der Waals surface area contributed by atoms with E-state index in [0.717, 1.165) is 6.07 Å². The second-order valence-electron chi connectivity index (χ2n) is 4.13. The van der Waals surface area contributed by atoms with Crippen molar-refractivity contribution in [1.29, 1.82) is 0 Å². The van der Waals surface area contributed by atoms with Gasteiger partial charge in [0, 0.05) is 13.2 Å². The molecule has 0 radical (unpaired) electrons. The van der Waals surface area contributed by atoms with Crippen LogP contribution >= 0.6 is 0 Å². The van der Waals surface area contributed by atoms with E-state index in [2.05, 4.69) is 5.32 Å². The first kappa shape index (κ1) is 14.6.